The van der Waals surface area contributed by atoms with Crippen LogP contribution in [-0.2, 0) is 12.8 Å². The van der Waals surface area contributed by atoms with Gasteiger partial charge in [0.05, 0.1) is 0 Å². The molecule has 306 valence electrons. The molecule has 0 aliphatic rings. The van der Waals surface area contributed by atoms with E-state index in [0.717, 1.165) is 12.8 Å². The maximum Gasteiger partial charge on any atom is 0.0361 e. The van der Waals surface area contributed by atoms with Crippen LogP contribution < -0.4 is 0 Å². The van der Waals surface area contributed by atoms with Gasteiger partial charge in [-0.1, -0.05) is 190 Å². The fourth-order valence-corrected chi connectivity index (χ4v) is 12.3. The predicted molar refractivity (Wildman–Crippen MR) is 285 cm³/mol. The van der Waals surface area contributed by atoms with E-state index in [1.54, 1.807) is 0 Å². The van der Waals surface area contributed by atoms with Crippen molar-refractivity contribution in [1.82, 2.24) is 0 Å². The monoisotopic (exact) mass is 844 g/mol. The zero-order valence-corrected chi connectivity index (χ0v) is 37.3. The van der Waals surface area contributed by atoms with Crippen molar-refractivity contribution in [2.45, 2.75) is 26.7 Å². The molecule has 1 heterocycles. The van der Waals surface area contributed by atoms with Crippen LogP contribution in [0.15, 0.2) is 206 Å². The summed E-state index contributed by atoms with van der Waals surface area (Å²) >= 11 is 1.91. The van der Waals surface area contributed by atoms with Gasteiger partial charge in [-0.05, 0) is 163 Å². The van der Waals surface area contributed by atoms with Gasteiger partial charge in [-0.3, -0.25) is 0 Å². The highest BCUT2D eigenvalue weighted by Crippen LogP contribution is 2.49. The first-order valence-corrected chi connectivity index (χ1v) is 23.8. The van der Waals surface area contributed by atoms with Crippen molar-refractivity contribution in [2.75, 3.05) is 0 Å². The Morgan fingerprint density at radius 2 is 0.692 bits per heavy atom. The van der Waals surface area contributed by atoms with Crippen LogP contribution in [0, 0.1) is 0 Å². The highest BCUT2D eigenvalue weighted by Gasteiger charge is 2.22. The fourth-order valence-electron chi connectivity index (χ4n) is 11.2. The van der Waals surface area contributed by atoms with E-state index in [1.807, 2.05) is 11.3 Å². The third-order valence-electron chi connectivity index (χ3n) is 14.2. The molecule has 0 saturated heterocycles. The van der Waals surface area contributed by atoms with Crippen molar-refractivity contribution in [3.8, 4) is 44.5 Å². The predicted octanol–water partition coefficient (Wildman–Crippen LogP) is 18.8. The molecule has 65 heavy (non-hydrogen) atoms. The van der Waals surface area contributed by atoms with Crippen molar-refractivity contribution >= 4 is 96.1 Å². The lowest BCUT2D eigenvalue weighted by Gasteiger charge is -2.20. The summed E-state index contributed by atoms with van der Waals surface area (Å²) in [6, 6.07) is 77.8. The van der Waals surface area contributed by atoms with Crippen molar-refractivity contribution < 1.29 is 0 Å². The van der Waals surface area contributed by atoms with Crippen LogP contribution in [0.25, 0.3) is 129 Å². The highest BCUT2D eigenvalue weighted by atomic mass is 32.1. The number of thiophene rings is 1. The summed E-state index contributed by atoms with van der Waals surface area (Å²) in [6.07, 6.45) is 1.92. The Bertz CT molecular complexity index is 4090. The number of aryl methyl sites for hydroxylation is 2. The molecule has 0 unspecified atom stereocenters. The molecule has 0 saturated carbocycles. The minimum Gasteiger partial charge on any atom is -0.135 e. The zero-order chi connectivity index (χ0) is 43.2. The second-order valence-corrected chi connectivity index (χ2v) is 18.7. The zero-order valence-electron chi connectivity index (χ0n) is 36.5. The Labute approximate surface area is 382 Å². The van der Waals surface area contributed by atoms with Gasteiger partial charge in [-0.2, -0.15) is 0 Å². The lowest BCUT2D eigenvalue weighted by Crippen LogP contribution is -1.94. The molecule has 1 aromatic heterocycles. The van der Waals surface area contributed by atoms with E-state index in [1.165, 1.54) is 140 Å². The van der Waals surface area contributed by atoms with E-state index in [2.05, 4.69) is 220 Å². The lowest BCUT2D eigenvalue weighted by atomic mass is 9.83. The average Bonchev–Trinajstić information content (AvgIpc) is 3.73. The molecule has 0 aliphatic carbocycles. The molecule has 1 heteroatoms. The maximum absolute atomic E-state index is 2.48. The summed E-state index contributed by atoms with van der Waals surface area (Å²) in [6.45, 7) is 4.59. The van der Waals surface area contributed by atoms with Gasteiger partial charge in [-0.25, -0.2) is 0 Å². The molecule has 13 aromatic rings. The molecule has 0 bridgehead atoms. The minimum atomic E-state index is 0.957. The first kappa shape index (κ1) is 37.9. The van der Waals surface area contributed by atoms with Crippen molar-refractivity contribution in [3.63, 3.8) is 0 Å². The Morgan fingerprint density at radius 3 is 1.22 bits per heavy atom. The summed E-state index contributed by atoms with van der Waals surface area (Å²) in [5.74, 6) is 0. The van der Waals surface area contributed by atoms with Gasteiger partial charge in [0.2, 0.25) is 0 Å². The summed E-state index contributed by atoms with van der Waals surface area (Å²) < 4.78 is 2.63. The smallest absolute Gasteiger partial charge is 0.0361 e. The van der Waals surface area contributed by atoms with Gasteiger partial charge in [0, 0.05) is 20.2 Å². The first-order valence-electron chi connectivity index (χ1n) is 23.0. The lowest BCUT2D eigenvalue weighted by molar-refractivity contribution is 1.16. The van der Waals surface area contributed by atoms with Crippen LogP contribution in [0.4, 0.5) is 0 Å². The maximum atomic E-state index is 2.48. The topological polar surface area (TPSA) is 0 Å². The summed E-state index contributed by atoms with van der Waals surface area (Å²) in [5.41, 5.74) is 13.1. The summed E-state index contributed by atoms with van der Waals surface area (Å²) in [4.78, 5) is 0. The normalized spacial score (nSPS) is 12.0. The molecule has 0 spiro atoms. The van der Waals surface area contributed by atoms with Crippen LogP contribution in [-0.4, -0.2) is 0 Å². The molecular formula is C64H44S. The number of rotatable bonds is 6. The van der Waals surface area contributed by atoms with Crippen LogP contribution in [0.1, 0.15) is 25.0 Å². The van der Waals surface area contributed by atoms with Gasteiger partial charge in [-0.15, -0.1) is 11.3 Å². The molecule has 0 amide bonds. The largest absolute Gasteiger partial charge is 0.135 e. The highest BCUT2D eigenvalue weighted by molar-refractivity contribution is 7.25. The Hall–Kier alpha value is -7.58. The fraction of sp³-hybridized carbons (Fsp3) is 0.0625. The average molecular weight is 845 g/mol. The SMILES string of the molecule is CCc1cccc2c(-c3ccc4ccccc4c3)c3ccccc3c(-c3ccc4c(c3)sc3ccc(-c5c6ccccc6c(-c6ccc7ccccc7c6)c6cccc(CC)c56)cc34)c12. The Balaban J connectivity index is 1.02. The number of benzene rings is 12. The van der Waals surface area contributed by atoms with Gasteiger partial charge in [0.15, 0.2) is 0 Å². The minimum absolute atomic E-state index is 0.957. The van der Waals surface area contributed by atoms with Gasteiger partial charge < -0.3 is 0 Å². The van der Waals surface area contributed by atoms with Gasteiger partial charge in [0.25, 0.3) is 0 Å². The molecule has 0 nitrogen and oxygen atoms in total. The molecule has 0 atom stereocenters. The number of fused-ring (bicyclic) bond motifs is 9. The van der Waals surface area contributed by atoms with E-state index in [0.29, 0.717) is 0 Å². The van der Waals surface area contributed by atoms with E-state index in [4.69, 9.17) is 0 Å². The molecule has 0 aliphatic heterocycles. The molecule has 13 rings (SSSR count). The molecule has 0 radical (unpaired) electrons. The standard InChI is InChI=1S/C64H44S/c1-3-39-19-13-25-54-59(45-29-27-41-15-5-7-17-43(41)35-45)50-21-9-11-23-52(50)63(61(39)54)47-32-34-57-56(37-47)49-33-31-48(38-58(49)65-57)64-53-24-12-10-22-51(53)60(55-26-14-20-40(4-2)62(55)64)46-30-28-42-16-6-8-18-44(42)36-46/h5-38H,3-4H2,1-2H3. The molecule has 12 aromatic carbocycles. The quantitative estimate of drug-likeness (QED) is 0.146. The summed E-state index contributed by atoms with van der Waals surface area (Å²) in [7, 11) is 0. The van der Waals surface area contributed by atoms with Crippen LogP contribution >= 0.6 is 11.3 Å². The van der Waals surface area contributed by atoms with Crippen molar-refractivity contribution in [2.24, 2.45) is 0 Å². The van der Waals surface area contributed by atoms with Crippen LogP contribution in [0.2, 0.25) is 0 Å². The van der Waals surface area contributed by atoms with E-state index < -0.39 is 0 Å². The van der Waals surface area contributed by atoms with Crippen LogP contribution in [0.5, 0.6) is 0 Å². The van der Waals surface area contributed by atoms with E-state index in [-0.39, 0.29) is 0 Å². The third-order valence-corrected chi connectivity index (χ3v) is 15.3. The van der Waals surface area contributed by atoms with E-state index in [9.17, 15) is 0 Å². The second kappa shape index (κ2) is 15.0. The van der Waals surface area contributed by atoms with Crippen LogP contribution in [0.3, 0.4) is 0 Å². The molecule has 0 N–H and O–H groups in total. The summed E-state index contributed by atoms with van der Waals surface area (Å²) in [5, 5.41) is 18.2. The van der Waals surface area contributed by atoms with E-state index >= 15 is 0 Å². The van der Waals surface area contributed by atoms with Gasteiger partial charge >= 0.3 is 0 Å². The number of hydrogen-bond donors (Lipinski definition) is 0. The van der Waals surface area contributed by atoms with Crippen molar-refractivity contribution in [3.05, 3.63) is 217 Å². The third kappa shape index (κ3) is 5.89. The second-order valence-electron chi connectivity index (χ2n) is 17.6. The van der Waals surface area contributed by atoms with Gasteiger partial charge in [0.1, 0.15) is 0 Å². The molecule has 0 fully saturated rings. The Kier molecular flexibility index (Phi) is 8.76. The number of hydrogen-bond acceptors (Lipinski definition) is 1. The molecular weight excluding hydrogens is 801 g/mol. The Morgan fingerprint density at radius 1 is 0.277 bits per heavy atom. The van der Waals surface area contributed by atoms with Crippen molar-refractivity contribution in [1.29, 1.82) is 0 Å². The first-order chi connectivity index (χ1) is 32.1.